The van der Waals surface area contributed by atoms with Crippen molar-refractivity contribution in [3.05, 3.63) is 89.2 Å². The van der Waals surface area contributed by atoms with Gasteiger partial charge in [-0.15, -0.1) is 0 Å². The Hall–Kier alpha value is -3.20. The van der Waals surface area contributed by atoms with E-state index in [0.29, 0.717) is 0 Å². The number of benzene rings is 3. The van der Waals surface area contributed by atoms with Crippen molar-refractivity contribution in [2.45, 2.75) is 26.7 Å². The number of hydrogen-bond acceptors (Lipinski definition) is 2. The fraction of sp³-hybridized carbons (Fsp3) is 0.167. The first kappa shape index (κ1) is 17.2. The van der Waals surface area contributed by atoms with Crippen LogP contribution in [0.1, 0.15) is 34.2 Å². The van der Waals surface area contributed by atoms with E-state index < -0.39 is 0 Å². The molecular weight excluding hydrogens is 332 g/mol. The van der Waals surface area contributed by atoms with Crippen molar-refractivity contribution in [1.29, 1.82) is 0 Å². The van der Waals surface area contributed by atoms with Gasteiger partial charge in [-0.3, -0.25) is 4.79 Å². The lowest BCUT2D eigenvalue weighted by Gasteiger charge is -2.06. The van der Waals surface area contributed by atoms with Gasteiger partial charge in [0.2, 0.25) is 0 Å². The Labute approximate surface area is 159 Å². The monoisotopic (exact) mass is 354 g/mol. The number of ketones is 1. The summed E-state index contributed by atoms with van der Waals surface area (Å²) >= 11 is 0. The molecule has 1 N–H and O–H groups in total. The quantitative estimate of drug-likeness (QED) is 0.479. The van der Waals surface area contributed by atoms with Crippen LogP contribution in [0.4, 0.5) is 0 Å². The van der Waals surface area contributed by atoms with Crippen molar-refractivity contribution in [3.8, 4) is 11.1 Å². The van der Waals surface area contributed by atoms with E-state index in [-0.39, 0.29) is 5.78 Å². The molecular formula is C24H22N2O. The molecule has 0 amide bonds. The molecule has 0 aliphatic heterocycles. The third-order valence-corrected chi connectivity index (χ3v) is 4.88. The number of carbonyl (C=O) groups is 1. The first-order chi connectivity index (χ1) is 13.1. The van der Waals surface area contributed by atoms with E-state index >= 15 is 0 Å². The van der Waals surface area contributed by atoms with Gasteiger partial charge in [0.05, 0.1) is 11.0 Å². The van der Waals surface area contributed by atoms with Gasteiger partial charge < -0.3 is 4.98 Å². The molecule has 0 bridgehead atoms. The number of nitrogens with one attached hydrogen (secondary N) is 1. The molecule has 3 aromatic carbocycles. The normalized spacial score (nSPS) is 11.0. The van der Waals surface area contributed by atoms with E-state index in [4.69, 9.17) is 4.98 Å². The van der Waals surface area contributed by atoms with Crippen molar-refractivity contribution in [2.24, 2.45) is 0 Å². The maximum Gasteiger partial charge on any atom is 0.160 e. The lowest BCUT2D eigenvalue weighted by Crippen LogP contribution is -1.95. The number of nitrogens with zero attached hydrogens (tertiary/aromatic N) is 1. The molecule has 0 unspecified atom stereocenters. The van der Waals surface area contributed by atoms with E-state index in [9.17, 15) is 4.79 Å². The van der Waals surface area contributed by atoms with Crippen molar-refractivity contribution in [1.82, 2.24) is 9.97 Å². The smallest absolute Gasteiger partial charge is 0.160 e. The third-order valence-electron chi connectivity index (χ3n) is 4.88. The van der Waals surface area contributed by atoms with Crippen molar-refractivity contribution < 1.29 is 4.79 Å². The molecule has 0 radical (unpaired) electrons. The number of rotatable bonds is 5. The van der Waals surface area contributed by atoms with E-state index in [1.54, 1.807) is 6.92 Å². The first-order valence-electron chi connectivity index (χ1n) is 9.25. The number of imidazole rings is 1. The molecule has 134 valence electrons. The number of fused-ring (bicyclic) bond motifs is 1. The zero-order valence-corrected chi connectivity index (χ0v) is 15.6. The van der Waals surface area contributed by atoms with Gasteiger partial charge in [-0.25, -0.2) is 4.98 Å². The first-order valence-corrected chi connectivity index (χ1v) is 9.25. The Morgan fingerprint density at radius 1 is 0.963 bits per heavy atom. The summed E-state index contributed by atoms with van der Waals surface area (Å²) in [6.45, 7) is 3.72. The van der Waals surface area contributed by atoms with Gasteiger partial charge in [0.25, 0.3) is 0 Å². The molecule has 0 fully saturated rings. The van der Waals surface area contributed by atoms with Crippen LogP contribution < -0.4 is 0 Å². The molecule has 0 aliphatic rings. The Morgan fingerprint density at radius 3 is 2.63 bits per heavy atom. The van der Waals surface area contributed by atoms with E-state index in [1.165, 1.54) is 11.1 Å². The van der Waals surface area contributed by atoms with Gasteiger partial charge in [0.15, 0.2) is 5.78 Å². The van der Waals surface area contributed by atoms with Crippen LogP contribution in [0.2, 0.25) is 0 Å². The predicted molar refractivity (Wildman–Crippen MR) is 110 cm³/mol. The maximum atomic E-state index is 11.9. The summed E-state index contributed by atoms with van der Waals surface area (Å²) in [5.41, 5.74) is 7.31. The van der Waals surface area contributed by atoms with Crippen LogP contribution in [0.5, 0.6) is 0 Å². The molecule has 0 aliphatic carbocycles. The molecule has 0 atom stereocenters. The highest BCUT2D eigenvalue weighted by Crippen LogP contribution is 2.27. The van der Waals surface area contributed by atoms with Crippen LogP contribution in [-0.2, 0) is 12.8 Å². The predicted octanol–water partition coefficient (Wildman–Crippen LogP) is 5.53. The van der Waals surface area contributed by atoms with Gasteiger partial charge in [-0.05, 0) is 49.1 Å². The third kappa shape index (κ3) is 3.68. The summed E-state index contributed by atoms with van der Waals surface area (Å²) in [7, 11) is 0. The SMILES string of the molecule is CC(=O)c1ccccc1-c1ccc2nc(CCc3cccc(C)c3)[nH]c2c1. The van der Waals surface area contributed by atoms with Gasteiger partial charge in [-0.1, -0.05) is 60.2 Å². The van der Waals surface area contributed by atoms with E-state index in [0.717, 1.165) is 46.4 Å². The number of aryl methyl sites for hydroxylation is 3. The lowest BCUT2D eigenvalue weighted by atomic mass is 9.97. The lowest BCUT2D eigenvalue weighted by molar-refractivity contribution is 0.101. The molecule has 4 aromatic rings. The van der Waals surface area contributed by atoms with Crippen molar-refractivity contribution >= 4 is 16.8 Å². The van der Waals surface area contributed by atoms with E-state index in [2.05, 4.69) is 42.2 Å². The van der Waals surface area contributed by atoms with Gasteiger partial charge >= 0.3 is 0 Å². The second-order valence-corrected chi connectivity index (χ2v) is 7.01. The molecule has 3 nitrogen and oxygen atoms in total. The minimum Gasteiger partial charge on any atom is -0.342 e. The molecule has 27 heavy (non-hydrogen) atoms. The number of H-pyrrole nitrogens is 1. The number of carbonyl (C=O) groups excluding carboxylic acids is 1. The van der Waals surface area contributed by atoms with Crippen molar-refractivity contribution in [3.63, 3.8) is 0 Å². The Bertz CT molecular complexity index is 1120. The fourth-order valence-electron chi connectivity index (χ4n) is 3.52. The zero-order chi connectivity index (χ0) is 18.8. The molecule has 3 heteroatoms. The summed E-state index contributed by atoms with van der Waals surface area (Å²) < 4.78 is 0. The minimum atomic E-state index is 0.0779. The topological polar surface area (TPSA) is 45.8 Å². The Morgan fingerprint density at radius 2 is 1.81 bits per heavy atom. The second-order valence-electron chi connectivity index (χ2n) is 7.01. The highest BCUT2D eigenvalue weighted by molar-refractivity contribution is 6.01. The maximum absolute atomic E-state index is 11.9. The summed E-state index contributed by atoms with van der Waals surface area (Å²) in [6.07, 6.45) is 1.83. The highest BCUT2D eigenvalue weighted by Gasteiger charge is 2.10. The number of Topliss-reactive ketones (excluding diaryl/α,β-unsaturated/α-hetero) is 1. The Kier molecular flexibility index (Phi) is 4.59. The average molecular weight is 354 g/mol. The summed E-state index contributed by atoms with van der Waals surface area (Å²) in [5, 5.41) is 0. The fourth-order valence-corrected chi connectivity index (χ4v) is 3.52. The molecule has 1 aromatic heterocycles. The Balaban J connectivity index is 1.62. The molecule has 0 spiro atoms. The molecule has 0 saturated carbocycles. The molecule has 4 rings (SSSR count). The van der Waals surface area contributed by atoms with Crippen LogP contribution in [0.15, 0.2) is 66.7 Å². The van der Waals surface area contributed by atoms with Crippen LogP contribution >= 0.6 is 0 Å². The molecule has 1 heterocycles. The summed E-state index contributed by atoms with van der Waals surface area (Å²) in [5.74, 6) is 1.07. The van der Waals surface area contributed by atoms with Crippen LogP contribution in [0.25, 0.3) is 22.2 Å². The largest absolute Gasteiger partial charge is 0.342 e. The highest BCUT2D eigenvalue weighted by atomic mass is 16.1. The van der Waals surface area contributed by atoms with Gasteiger partial charge in [-0.2, -0.15) is 0 Å². The number of hydrogen-bond donors (Lipinski definition) is 1. The van der Waals surface area contributed by atoms with Crippen LogP contribution in [0, 0.1) is 6.92 Å². The van der Waals surface area contributed by atoms with Crippen LogP contribution in [0.3, 0.4) is 0 Å². The molecule has 0 saturated heterocycles. The van der Waals surface area contributed by atoms with Crippen LogP contribution in [-0.4, -0.2) is 15.8 Å². The zero-order valence-electron chi connectivity index (χ0n) is 15.6. The minimum absolute atomic E-state index is 0.0779. The van der Waals surface area contributed by atoms with Gasteiger partial charge in [0, 0.05) is 12.0 Å². The summed E-state index contributed by atoms with van der Waals surface area (Å²) in [4.78, 5) is 20.1. The van der Waals surface area contributed by atoms with E-state index in [1.807, 2.05) is 36.4 Å². The summed E-state index contributed by atoms with van der Waals surface area (Å²) in [6, 6.07) is 22.5. The number of aromatic nitrogens is 2. The van der Waals surface area contributed by atoms with Crippen molar-refractivity contribution in [2.75, 3.05) is 0 Å². The number of aromatic amines is 1. The average Bonchev–Trinajstić information content (AvgIpc) is 3.08. The second kappa shape index (κ2) is 7.20. The van der Waals surface area contributed by atoms with Gasteiger partial charge in [0.1, 0.15) is 5.82 Å². The standard InChI is InChI=1S/C24H22N2O/c1-16-6-5-7-18(14-16)10-13-24-25-22-12-11-19(15-23(22)26-24)21-9-4-3-8-20(21)17(2)27/h3-9,11-12,14-15H,10,13H2,1-2H3,(H,25,26).